The maximum Gasteiger partial charge on any atom is 0.338 e. The molecule has 22 heavy (non-hydrogen) atoms. The summed E-state index contributed by atoms with van der Waals surface area (Å²) in [5, 5.41) is 0. The Bertz CT molecular complexity index is 680. The molecule has 116 valence electrons. The fourth-order valence-corrected chi connectivity index (χ4v) is 2.18. The molecule has 2 aromatic carbocycles. The molecule has 0 fully saturated rings. The Morgan fingerprint density at radius 1 is 1.05 bits per heavy atom. The Balaban J connectivity index is 2.48. The average molecular weight is 299 g/mol. The van der Waals surface area contributed by atoms with E-state index in [0.29, 0.717) is 24.5 Å². The molecule has 0 aliphatic rings. The SMILES string of the molecule is COC(=O)c1cc(OCCN)cc(-c2ccc(C)c(C)c2)c1. The molecule has 0 heterocycles. The van der Waals surface area contributed by atoms with Crippen molar-refractivity contribution in [2.75, 3.05) is 20.3 Å². The van der Waals surface area contributed by atoms with Gasteiger partial charge in [0.25, 0.3) is 0 Å². The van der Waals surface area contributed by atoms with Gasteiger partial charge in [0.2, 0.25) is 0 Å². The van der Waals surface area contributed by atoms with Crippen molar-refractivity contribution < 1.29 is 14.3 Å². The topological polar surface area (TPSA) is 61.5 Å². The van der Waals surface area contributed by atoms with Crippen LogP contribution in [-0.2, 0) is 4.74 Å². The number of ether oxygens (including phenoxy) is 2. The van der Waals surface area contributed by atoms with E-state index in [9.17, 15) is 4.79 Å². The van der Waals surface area contributed by atoms with Crippen molar-refractivity contribution in [3.05, 3.63) is 53.1 Å². The normalized spacial score (nSPS) is 10.4. The summed E-state index contributed by atoms with van der Waals surface area (Å²) in [6.45, 7) is 4.95. The van der Waals surface area contributed by atoms with Gasteiger partial charge < -0.3 is 15.2 Å². The standard InChI is InChI=1S/C18H21NO3/c1-12-4-5-14(8-13(12)2)15-9-16(18(20)21-3)11-17(10-15)22-7-6-19/h4-5,8-11H,6-7,19H2,1-3H3. The molecule has 0 bridgehead atoms. The summed E-state index contributed by atoms with van der Waals surface area (Å²) >= 11 is 0. The average Bonchev–Trinajstić information content (AvgIpc) is 2.54. The number of carbonyl (C=O) groups is 1. The third-order valence-corrected chi connectivity index (χ3v) is 3.55. The molecule has 0 aliphatic carbocycles. The largest absolute Gasteiger partial charge is 0.492 e. The van der Waals surface area contributed by atoms with Crippen LogP contribution in [0.4, 0.5) is 0 Å². The molecule has 2 N–H and O–H groups in total. The summed E-state index contributed by atoms with van der Waals surface area (Å²) in [6.07, 6.45) is 0. The van der Waals surface area contributed by atoms with Crippen molar-refractivity contribution >= 4 is 5.97 Å². The monoisotopic (exact) mass is 299 g/mol. The number of benzene rings is 2. The number of carbonyl (C=O) groups excluding carboxylic acids is 1. The van der Waals surface area contributed by atoms with Crippen LogP contribution in [0.15, 0.2) is 36.4 Å². The van der Waals surface area contributed by atoms with E-state index in [-0.39, 0.29) is 5.97 Å². The van der Waals surface area contributed by atoms with Crippen molar-refractivity contribution in [2.45, 2.75) is 13.8 Å². The highest BCUT2D eigenvalue weighted by Crippen LogP contribution is 2.28. The van der Waals surface area contributed by atoms with E-state index in [1.807, 2.05) is 18.2 Å². The van der Waals surface area contributed by atoms with E-state index in [1.54, 1.807) is 6.07 Å². The van der Waals surface area contributed by atoms with Crippen molar-refractivity contribution in [1.29, 1.82) is 0 Å². The number of nitrogens with two attached hydrogens (primary N) is 1. The highest BCUT2D eigenvalue weighted by atomic mass is 16.5. The summed E-state index contributed by atoms with van der Waals surface area (Å²) in [5.74, 6) is 0.227. The lowest BCUT2D eigenvalue weighted by Crippen LogP contribution is -2.11. The number of esters is 1. The second kappa shape index (κ2) is 7.09. The second-order valence-corrected chi connectivity index (χ2v) is 5.17. The Labute approximate surface area is 130 Å². The molecule has 0 unspecified atom stereocenters. The van der Waals surface area contributed by atoms with Crippen LogP contribution in [0, 0.1) is 13.8 Å². The van der Waals surface area contributed by atoms with Crippen LogP contribution in [-0.4, -0.2) is 26.2 Å². The van der Waals surface area contributed by atoms with E-state index in [1.165, 1.54) is 18.2 Å². The minimum atomic E-state index is -0.386. The fraction of sp³-hybridized carbons (Fsp3) is 0.278. The zero-order chi connectivity index (χ0) is 16.1. The number of rotatable bonds is 5. The van der Waals surface area contributed by atoms with Gasteiger partial charge in [-0.25, -0.2) is 4.79 Å². The minimum Gasteiger partial charge on any atom is -0.492 e. The van der Waals surface area contributed by atoms with Gasteiger partial charge in [0.1, 0.15) is 12.4 Å². The lowest BCUT2D eigenvalue weighted by atomic mass is 9.98. The van der Waals surface area contributed by atoms with Crippen LogP contribution in [0.25, 0.3) is 11.1 Å². The van der Waals surface area contributed by atoms with Gasteiger partial charge in [-0.3, -0.25) is 0 Å². The van der Waals surface area contributed by atoms with Crippen LogP contribution in [0.3, 0.4) is 0 Å². The summed E-state index contributed by atoms with van der Waals surface area (Å²) in [7, 11) is 1.37. The summed E-state index contributed by atoms with van der Waals surface area (Å²) < 4.78 is 10.4. The molecule has 0 spiro atoms. The zero-order valence-corrected chi connectivity index (χ0v) is 13.2. The van der Waals surface area contributed by atoms with Gasteiger partial charge in [0, 0.05) is 6.54 Å². The predicted molar refractivity (Wildman–Crippen MR) is 87.2 cm³/mol. The van der Waals surface area contributed by atoms with Crippen LogP contribution in [0.2, 0.25) is 0 Å². The Kier molecular flexibility index (Phi) is 5.17. The molecule has 0 saturated heterocycles. The Morgan fingerprint density at radius 2 is 1.82 bits per heavy atom. The third kappa shape index (κ3) is 3.65. The van der Waals surface area contributed by atoms with Gasteiger partial charge in [0.15, 0.2) is 0 Å². The van der Waals surface area contributed by atoms with Crippen LogP contribution < -0.4 is 10.5 Å². The molecule has 0 amide bonds. The first kappa shape index (κ1) is 16.0. The van der Waals surface area contributed by atoms with Crippen LogP contribution in [0.1, 0.15) is 21.5 Å². The third-order valence-electron chi connectivity index (χ3n) is 3.55. The molecule has 0 radical (unpaired) electrons. The second-order valence-electron chi connectivity index (χ2n) is 5.17. The van der Waals surface area contributed by atoms with Crippen LogP contribution >= 0.6 is 0 Å². The molecule has 4 nitrogen and oxygen atoms in total. The van der Waals surface area contributed by atoms with Crippen molar-refractivity contribution in [1.82, 2.24) is 0 Å². The zero-order valence-electron chi connectivity index (χ0n) is 13.2. The maximum absolute atomic E-state index is 11.8. The first-order chi connectivity index (χ1) is 10.5. The summed E-state index contributed by atoms with van der Waals surface area (Å²) in [5.41, 5.74) is 10.3. The highest BCUT2D eigenvalue weighted by molar-refractivity contribution is 5.91. The number of methoxy groups -OCH3 is 1. The summed E-state index contributed by atoms with van der Waals surface area (Å²) in [6, 6.07) is 11.6. The molecule has 2 rings (SSSR count). The molecule has 0 aromatic heterocycles. The van der Waals surface area contributed by atoms with Crippen molar-refractivity contribution in [2.24, 2.45) is 5.73 Å². The molecule has 2 aromatic rings. The van der Waals surface area contributed by atoms with Crippen molar-refractivity contribution in [3.63, 3.8) is 0 Å². The lowest BCUT2D eigenvalue weighted by Gasteiger charge is -2.11. The molecule has 0 aliphatic heterocycles. The quantitative estimate of drug-likeness (QED) is 0.862. The van der Waals surface area contributed by atoms with Gasteiger partial charge >= 0.3 is 5.97 Å². The molecular weight excluding hydrogens is 278 g/mol. The van der Waals surface area contributed by atoms with Gasteiger partial charge in [-0.15, -0.1) is 0 Å². The molecule has 0 saturated carbocycles. The van der Waals surface area contributed by atoms with Gasteiger partial charge in [-0.1, -0.05) is 18.2 Å². The van der Waals surface area contributed by atoms with E-state index >= 15 is 0 Å². The number of hydrogen-bond donors (Lipinski definition) is 1. The summed E-state index contributed by atoms with van der Waals surface area (Å²) in [4.78, 5) is 11.8. The Morgan fingerprint density at radius 3 is 2.45 bits per heavy atom. The first-order valence-electron chi connectivity index (χ1n) is 7.19. The minimum absolute atomic E-state index is 0.386. The lowest BCUT2D eigenvalue weighted by molar-refractivity contribution is 0.0600. The van der Waals surface area contributed by atoms with Gasteiger partial charge in [-0.05, 0) is 54.3 Å². The molecule has 4 heteroatoms. The van der Waals surface area contributed by atoms with Gasteiger partial charge in [0.05, 0.1) is 12.7 Å². The van der Waals surface area contributed by atoms with Crippen molar-refractivity contribution in [3.8, 4) is 16.9 Å². The van der Waals surface area contributed by atoms with Crippen LogP contribution in [0.5, 0.6) is 5.75 Å². The fourth-order valence-electron chi connectivity index (χ4n) is 2.18. The highest BCUT2D eigenvalue weighted by Gasteiger charge is 2.11. The van der Waals surface area contributed by atoms with E-state index in [0.717, 1.165) is 11.1 Å². The van der Waals surface area contributed by atoms with E-state index in [2.05, 4.69) is 26.0 Å². The Hall–Kier alpha value is -2.33. The molecular formula is C18H21NO3. The molecule has 0 atom stereocenters. The maximum atomic E-state index is 11.8. The number of aryl methyl sites for hydroxylation is 2. The smallest absolute Gasteiger partial charge is 0.338 e. The van der Waals surface area contributed by atoms with Gasteiger partial charge in [-0.2, -0.15) is 0 Å². The first-order valence-corrected chi connectivity index (χ1v) is 7.19. The number of hydrogen-bond acceptors (Lipinski definition) is 4. The van der Waals surface area contributed by atoms with E-state index in [4.69, 9.17) is 15.2 Å². The van der Waals surface area contributed by atoms with E-state index < -0.39 is 0 Å². The predicted octanol–water partition coefficient (Wildman–Crippen LogP) is 3.09.